The van der Waals surface area contributed by atoms with Crippen LogP contribution in [0, 0.1) is 5.92 Å². The molecule has 6 nitrogen and oxygen atoms in total. The Kier molecular flexibility index (Phi) is 3.38. The fourth-order valence-electron chi connectivity index (χ4n) is 3.54. The summed E-state index contributed by atoms with van der Waals surface area (Å²) in [5, 5.41) is 1.09. The van der Waals surface area contributed by atoms with Crippen LogP contribution in [0.5, 0.6) is 11.5 Å². The predicted molar refractivity (Wildman–Crippen MR) is 97.8 cm³/mol. The molecule has 4 heterocycles. The van der Waals surface area contributed by atoms with Crippen molar-refractivity contribution in [2.45, 2.75) is 26.3 Å². The zero-order valence-electron chi connectivity index (χ0n) is 14.3. The Hall–Kier alpha value is -2.28. The van der Waals surface area contributed by atoms with Crippen molar-refractivity contribution < 1.29 is 9.47 Å². The van der Waals surface area contributed by atoms with E-state index in [2.05, 4.69) is 34.5 Å². The number of hydrogen-bond acceptors (Lipinski definition) is 6. The van der Waals surface area contributed by atoms with Gasteiger partial charge in [-0.25, -0.2) is 9.97 Å². The molecule has 0 amide bonds. The first-order chi connectivity index (χ1) is 12.2. The van der Waals surface area contributed by atoms with Crippen molar-refractivity contribution in [2.75, 3.05) is 24.8 Å². The Balaban J connectivity index is 1.29. The maximum absolute atomic E-state index is 5.46. The second-order valence-corrected chi connectivity index (χ2v) is 8.04. The molecule has 0 atom stereocenters. The third-order valence-corrected chi connectivity index (χ3v) is 5.90. The van der Waals surface area contributed by atoms with Crippen molar-refractivity contribution in [3.8, 4) is 11.5 Å². The maximum atomic E-state index is 5.46. The number of benzene rings is 1. The first kappa shape index (κ1) is 15.0. The molecule has 5 rings (SSSR count). The molecule has 0 aliphatic carbocycles. The molecule has 2 aliphatic heterocycles. The van der Waals surface area contributed by atoms with Gasteiger partial charge in [-0.1, -0.05) is 25.2 Å². The molecule has 0 spiro atoms. The van der Waals surface area contributed by atoms with E-state index in [1.165, 1.54) is 5.82 Å². The van der Waals surface area contributed by atoms with Crippen LogP contribution in [0.25, 0.3) is 10.2 Å². The second kappa shape index (κ2) is 5.62. The van der Waals surface area contributed by atoms with Gasteiger partial charge in [-0.15, -0.1) is 0 Å². The van der Waals surface area contributed by atoms with Crippen LogP contribution in [0.1, 0.15) is 25.6 Å². The smallest absolute Gasteiger partial charge is 0.231 e. The summed E-state index contributed by atoms with van der Waals surface area (Å²) < 4.78 is 14.3. The van der Waals surface area contributed by atoms with E-state index in [-0.39, 0.29) is 0 Å². The third kappa shape index (κ3) is 2.54. The van der Waals surface area contributed by atoms with Crippen LogP contribution in [0.4, 0.5) is 5.13 Å². The van der Waals surface area contributed by atoms with Gasteiger partial charge in [0.25, 0.3) is 0 Å². The topological polar surface area (TPSA) is 52.4 Å². The third-order valence-electron chi connectivity index (χ3n) is 4.82. The first-order valence-corrected chi connectivity index (χ1v) is 9.45. The molecule has 0 unspecified atom stereocenters. The van der Waals surface area contributed by atoms with Crippen LogP contribution in [0.2, 0.25) is 0 Å². The van der Waals surface area contributed by atoms with E-state index in [0.717, 1.165) is 46.5 Å². The molecule has 1 saturated heterocycles. The van der Waals surface area contributed by atoms with Gasteiger partial charge in [0.2, 0.25) is 6.79 Å². The highest BCUT2D eigenvalue weighted by molar-refractivity contribution is 7.22. The Morgan fingerprint density at radius 2 is 2.04 bits per heavy atom. The van der Waals surface area contributed by atoms with Crippen molar-refractivity contribution in [3.05, 3.63) is 30.4 Å². The zero-order valence-corrected chi connectivity index (χ0v) is 15.1. The van der Waals surface area contributed by atoms with E-state index in [9.17, 15) is 0 Å². The van der Waals surface area contributed by atoms with E-state index >= 15 is 0 Å². The van der Waals surface area contributed by atoms with Crippen LogP contribution in [0.3, 0.4) is 0 Å². The summed E-state index contributed by atoms with van der Waals surface area (Å²) in [5.74, 6) is 3.91. The molecule has 1 aromatic carbocycles. The largest absolute Gasteiger partial charge is 0.454 e. The molecule has 7 heteroatoms. The lowest BCUT2D eigenvalue weighted by atomic mass is 10.0. The number of imidazole rings is 1. The molecule has 2 aromatic heterocycles. The summed E-state index contributed by atoms with van der Waals surface area (Å²) in [6, 6.07) is 4.02. The molecule has 0 saturated carbocycles. The van der Waals surface area contributed by atoms with E-state index in [1.807, 2.05) is 18.3 Å². The molecule has 0 bridgehead atoms. The lowest BCUT2D eigenvalue weighted by Crippen LogP contribution is -2.48. The number of anilines is 1. The Bertz CT molecular complexity index is 885. The van der Waals surface area contributed by atoms with Gasteiger partial charge in [-0.3, -0.25) is 0 Å². The first-order valence-electron chi connectivity index (χ1n) is 8.63. The van der Waals surface area contributed by atoms with Gasteiger partial charge < -0.3 is 18.9 Å². The Morgan fingerprint density at radius 1 is 1.24 bits per heavy atom. The lowest BCUT2D eigenvalue weighted by molar-refractivity contribution is 0.174. The average Bonchev–Trinajstić information content (AvgIpc) is 3.25. The molecule has 2 aliphatic rings. The van der Waals surface area contributed by atoms with Crippen molar-refractivity contribution in [2.24, 2.45) is 5.92 Å². The van der Waals surface area contributed by atoms with Gasteiger partial charge in [0.15, 0.2) is 16.6 Å². The highest BCUT2D eigenvalue weighted by Gasteiger charge is 2.30. The van der Waals surface area contributed by atoms with Gasteiger partial charge in [0.1, 0.15) is 5.82 Å². The average molecular weight is 356 g/mol. The van der Waals surface area contributed by atoms with Crippen LogP contribution in [0.15, 0.2) is 24.5 Å². The molecular formula is C18H20N4O2S. The minimum Gasteiger partial charge on any atom is -0.454 e. The van der Waals surface area contributed by atoms with E-state index in [0.29, 0.717) is 18.6 Å². The van der Waals surface area contributed by atoms with Crippen LogP contribution < -0.4 is 14.4 Å². The monoisotopic (exact) mass is 356 g/mol. The minimum absolute atomic E-state index is 0.305. The van der Waals surface area contributed by atoms with Crippen LogP contribution in [-0.2, 0) is 6.54 Å². The number of nitrogens with zero attached hydrogens (tertiary/aromatic N) is 4. The quantitative estimate of drug-likeness (QED) is 0.716. The van der Waals surface area contributed by atoms with Gasteiger partial charge in [0.05, 0.1) is 10.2 Å². The number of fused-ring (bicyclic) bond motifs is 2. The van der Waals surface area contributed by atoms with Crippen molar-refractivity contribution in [3.63, 3.8) is 0 Å². The number of hydrogen-bond donors (Lipinski definition) is 0. The van der Waals surface area contributed by atoms with Crippen molar-refractivity contribution in [1.29, 1.82) is 0 Å². The van der Waals surface area contributed by atoms with Crippen LogP contribution in [-0.4, -0.2) is 34.4 Å². The molecule has 3 aromatic rings. The number of ether oxygens (including phenoxy) is 2. The number of thiazole rings is 1. The Morgan fingerprint density at radius 3 is 2.84 bits per heavy atom. The molecule has 25 heavy (non-hydrogen) atoms. The molecule has 130 valence electrons. The van der Waals surface area contributed by atoms with Gasteiger partial charge >= 0.3 is 0 Å². The summed E-state index contributed by atoms with van der Waals surface area (Å²) >= 11 is 1.73. The fourth-order valence-corrected chi connectivity index (χ4v) is 4.53. The Labute approximate surface area is 150 Å². The highest BCUT2D eigenvalue weighted by atomic mass is 32.1. The number of rotatable bonds is 4. The van der Waals surface area contributed by atoms with E-state index < -0.39 is 0 Å². The molecule has 0 radical (unpaired) electrons. The molecular weight excluding hydrogens is 336 g/mol. The fraction of sp³-hybridized carbons (Fsp3) is 0.444. The maximum Gasteiger partial charge on any atom is 0.231 e. The van der Waals surface area contributed by atoms with E-state index in [4.69, 9.17) is 14.5 Å². The highest BCUT2D eigenvalue weighted by Crippen LogP contribution is 2.40. The number of aromatic nitrogens is 3. The summed E-state index contributed by atoms with van der Waals surface area (Å²) in [7, 11) is 0. The van der Waals surface area contributed by atoms with Crippen molar-refractivity contribution >= 4 is 26.7 Å². The van der Waals surface area contributed by atoms with Crippen molar-refractivity contribution in [1.82, 2.24) is 14.5 Å². The van der Waals surface area contributed by atoms with E-state index in [1.54, 1.807) is 11.3 Å². The molecule has 1 fully saturated rings. The van der Waals surface area contributed by atoms with Crippen LogP contribution >= 0.6 is 11.3 Å². The second-order valence-electron chi connectivity index (χ2n) is 7.03. The zero-order chi connectivity index (χ0) is 17.0. The van der Waals surface area contributed by atoms with Gasteiger partial charge in [-0.2, -0.15) is 0 Å². The summed E-state index contributed by atoms with van der Waals surface area (Å²) in [4.78, 5) is 11.6. The lowest BCUT2D eigenvalue weighted by Gasteiger charge is -2.39. The summed E-state index contributed by atoms with van der Waals surface area (Å²) in [5.41, 5.74) is 0.990. The summed E-state index contributed by atoms with van der Waals surface area (Å²) in [6.07, 6.45) is 4.00. The normalized spacial score (nSPS) is 16.8. The minimum atomic E-state index is 0.305. The molecule has 0 N–H and O–H groups in total. The standard InChI is InChI=1S/C18H20N4O2S/c1-11(2)17-19-3-4-21(17)7-12-8-22(9-12)18-20-13-5-14-15(24-10-23-14)6-16(13)25-18/h3-6,11-12H,7-10H2,1-2H3. The van der Waals surface area contributed by atoms with Gasteiger partial charge in [-0.05, 0) is 0 Å². The summed E-state index contributed by atoms with van der Waals surface area (Å²) in [6.45, 7) is 7.81. The SMILES string of the molecule is CC(C)c1nccn1CC1CN(c2nc3cc4c(cc3s2)OCO4)C1. The van der Waals surface area contributed by atoms with Gasteiger partial charge in [0, 0.05) is 56.0 Å². The predicted octanol–water partition coefficient (Wildman–Crippen LogP) is 3.48.